The molecule has 1 N–H and O–H groups in total. The summed E-state index contributed by atoms with van der Waals surface area (Å²) in [6, 6.07) is 9.68. The molecule has 0 saturated heterocycles. The first-order valence-electron chi connectivity index (χ1n) is 9.10. The lowest BCUT2D eigenvalue weighted by Crippen LogP contribution is -2.09. The Kier molecular flexibility index (Phi) is 4.53. The maximum Gasteiger partial charge on any atom is 0.192 e. The van der Waals surface area contributed by atoms with E-state index in [9.17, 15) is 8.42 Å². The third-order valence-electron chi connectivity index (χ3n) is 5.37. The number of pyridine rings is 2. The molecule has 136 valence electrons. The lowest BCUT2D eigenvalue weighted by Gasteiger charge is -2.20. The summed E-state index contributed by atoms with van der Waals surface area (Å²) in [6.07, 6.45) is 10.9. The van der Waals surface area contributed by atoms with Gasteiger partial charge in [0.05, 0.1) is 0 Å². The standard InChI is InChI=1S/C20H23N3O2S/c1-26(24,25)19-9-8-16(13-22-19)17(11-14-5-2-3-6-14)18-12-15-7-4-10-21-20(15)23-18/h4,7-10,12-14,17H,2-3,5-6,11H2,1H3,(H,21,23). The summed E-state index contributed by atoms with van der Waals surface area (Å²) < 4.78 is 23.4. The predicted molar refractivity (Wildman–Crippen MR) is 102 cm³/mol. The number of fused-ring (bicyclic) bond motifs is 1. The Hall–Kier alpha value is -2.21. The van der Waals surface area contributed by atoms with Crippen molar-refractivity contribution in [3.05, 3.63) is 54.0 Å². The molecule has 0 aliphatic heterocycles. The van der Waals surface area contributed by atoms with E-state index in [1.54, 1.807) is 18.5 Å². The largest absolute Gasteiger partial charge is 0.343 e. The quantitative estimate of drug-likeness (QED) is 0.735. The van der Waals surface area contributed by atoms with Crippen molar-refractivity contribution < 1.29 is 8.42 Å². The normalized spacial score (nSPS) is 17.0. The highest BCUT2D eigenvalue weighted by molar-refractivity contribution is 7.90. The van der Waals surface area contributed by atoms with Gasteiger partial charge < -0.3 is 4.98 Å². The number of nitrogens with zero attached hydrogens (tertiary/aromatic N) is 2. The van der Waals surface area contributed by atoms with E-state index in [0.717, 1.165) is 28.7 Å². The van der Waals surface area contributed by atoms with E-state index in [4.69, 9.17) is 0 Å². The van der Waals surface area contributed by atoms with Crippen molar-refractivity contribution in [2.75, 3.05) is 6.26 Å². The molecule has 0 spiro atoms. The summed E-state index contributed by atoms with van der Waals surface area (Å²) >= 11 is 0. The number of H-pyrrole nitrogens is 1. The van der Waals surface area contributed by atoms with Crippen LogP contribution in [0.3, 0.4) is 0 Å². The van der Waals surface area contributed by atoms with Crippen LogP contribution in [0, 0.1) is 5.92 Å². The maximum atomic E-state index is 11.7. The summed E-state index contributed by atoms with van der Waals surface area (Å²) in [5.41, 5.74) is 3.06. The van der Waals surface area contributed by atoms with Gasteiger partial charge in [-0.05, 0) is 42.2 Å². The molecule has 3 aromatic rings. The van der Waals surface area contributed by atoms with Crippen LogP contribution in [-0.4, -0.2) is 29.6 Å². The molecule has 0 aromatic carbocycles. The molecule has 26 heavy (non-hydrogen) atoms. The fourth-order valence-electron chi connectivity index (χ4n) is 4.01. The number of aromatic amines is 1. The van der Waals surface area contributed by atoms with Gasteiger partial charge in [-0.15, -0.1) is 0 Å². The van der Waals surface area contributed by atoms with Crippen molar-refractivity contribution in [2.24, 2.45) is 5.92 Å². The molecule has 3 aromatic heterocycles. The molecule has 4 rings (SSSR count). The van der Waals surface area contributed by atoms with Gasteiger partial charge in [0.15, 0.2) is 14.9 Å². The minimum absolute atomic E-state index is 0.124. The highest BCUT2D eigenvalue weighted by atomic mass is 32.2. The Bertz CT molecular complexity index is 970. The van der Waals surface area contributed by atoms with E-state index >= 15 is 0 Å². The van der Waals surface area contributed by atoms with Crippen molar-refractivity contribution in [3.63, 3.8) is 0 Å². The molecule has 5 nitrogen and oxygen atoms in total. The van der Waals surface area contributed by atoms with Crippen molar-refractivity contribution in [2.45, 2.75) is 43.0 Å². The van der Waals surface area contributed by atoms with Gasteiger partial charge in [0.25, 0.3) is 0 Å². The zero-order chi connectivity index (χ0) is 18.1. The van der Waals surface area contributed by atoms with E-state index in [0.29, 0.717) is 5.92 Å². The van der Waals surface area contributed by atoms with Gasteiger partial charge in [-0.2, -0.15) is 0 Å². The Morgan fingerprint density at radius 3 is 2.65 bits per heavy atom. The molecule has 0 amide bonds. The molecule has 1 aliphatic rings. The highest BCUT2D eigenvalue weighted by Gasteiger charge is 2.24. The molecule has 1 unspecified atom stereocenters. The van der Waals surface area contributed by atoms with E-state index in [1.807, 2.05) is 12.1 Å². The lowest BCUT2D eigenvalue weighted by atomic mass is 9.86. The first-order chi connectivity index (χ1) is 12.5. The number of aromatic nitrogens is 3. The minimum Gasteiger partial charge on any atom is -0.343 e. The lowest BCUT2D eigenvalue weighted by molar-refractivity contribution is 0.469. The van der Waals surface area contributed by atoms with Crippen LogP contribution in [-0.2, 0) is 9.84 Å². The number of rotatable bonds is 5. The van der Waals surface area contributed by atoms with Crippen LogP contribution in [0.15, 0.2) is 47.8 Å². The van der Waals surface area contributed by atoms with Crippen LogP contribution in [0.5, 0.6) is 0 Å². The summed E-state index contributed by atoms with van der Waals surface area (Å²) in [6.45, 7) is 0. The Morgan fingerprint density at radius 2 is 2.00 bits per heavy atom. The van der Waals surface area contributed by atoms with Crippen molar-refractivity contribution >= 4 is 20.9 Å². The maximum absolute atomic E-state index is 11.7. The number of hydrogen-bond acceptors (Lipinski definition) is 4. The van der Waals surface area contributed by atoms with Gasteiger partial charge in [-0.1, -0.05) is 31.7 Å². The van der Waals surface area contributed by atoms with Gasteiger partial charge in [0.1, 0.15) is 5.65 Å². The number of sulfone groups is 1. The van der Waals surface area contributed by atoms with Crippen LogP contribution in [0.4, 0.5) is 0 Å². The molecule has 1 aliphatic carbocycles. The topological polar surface area (TPSA) is 75.7 Å². The average molecular weight is 369 g/mol. The van der Waals surface area contributed by atoms with Gasteiger partial charge in [0, 0.05) is 35.6 Å². The second kappa shape index (κ2) is 6.83. The van der Waals surface area contributed by atoms with Gasteiger partial charge >= 0.3 is 0 Å². The third kappa shape index (κ3) is 3.51. The van der Waals surface area contributed by atoms with Crippen LogP contribution in [0.25, 0.3) is 11.0 Å². The summed E-state index contributed by atoms with van der Waals surface area (Å²) in [5.74, 6) is 0.877. The summed E-state index contributed by atoms with van der Waals surface area (Å²) in [5, 5.41) is 1.22. The van der Waals surface area contributed by atoms with Crippen LogP contribution in [0.1, 0.15) is 49.3 Å². The fraction of sp³-hybridized carbons (Fsp3) is 0.400. The van der Waals surface area contributed by atoms with Crippen molar-refractivity contribution in [1.29, 1.82) is 0 Å². The molecule has 1 fully saturated rings. The van der Waals surface area contributed by atoms with Crippen molar-refractivity contribution in [3.8, 4) is 0 Å². The third-order valence-corrected chi connectivity index (χ3v) is 6.37. The average Bonchev–Trinajstić information content (AvgIpc) is 3.28. The second-order valence-electron chi connectivity index (χ2n) is 7.31. The van der Waals surface area contributed by atoms with Crippen LogP contribution < -0.4 is 0 Å². The molecule has 6 heteroatoms. The van der Waals surface area contributed by atoms with Crippen LogP contribution in [0.2, 0.25) is 0 Å². The first-order valence-corrected chi connectivity index (χ1v) is 11.0. The predicted octanol–water partition coefficient (Wildman–Crippen LogP) is 4.07. The number of hydrogen-bond donors (Lipinski definition) is 1. The molecule has 3 heterocycles. The van der Waals surface area contributed by atoms with Crippen molar-refractivity contribution in [1.82, 2.24) is 15.0 Å². The second-order valence-corrected chi connectivity index (χ2v) is 9.27. The summed E-state index contributed by atoms with van der Waals surface area (Å²) in [4.78, 5) is 12.1. The highest BCUT2D eigenvalue weighted by Crippen LogP contribution is 2.38. The van der Waals surface area contributed by atoms with E-state index in [2.05, 4.69) is 27.1 Å². The van der Waals surface area contributed by atoms with E-state index in [-0.39, 0.29) is 10.9 Å². The first kappa shape index (κ1) is 17.2. The Morgan fingerprint density at radius 1 is 1.19 bits per heavy atom. The van der Waals surface area contributed by atoms with E-state index in [1.165, 1.54) is 31.9 Å². The van der Waals surface area contributed by atoms with Crippen LogP contribution >= 0.6 is 0 Å². The zero-order valence-electron chi connectivity index (χ0n) is 14.9. The van der Waals surface area contributed by atoms with Gasteiger partial charge in [0.2, 0.25) is 0 Å². The zero-order valence-corrected chi connectivity index (χ0v) is 15.7. The molecular formula is C20H23N3O2S. The molecule has 1 saturated carbocycles. The summed E-state index contributed by atoms with van der Waals surface area (Å²) in [7, 11) is -3.28. The molecule has 1 atom stereocenters. The number of nitrogens with one attached hydrogen (secondary N) is 1. The SMILES string of the molecule is CS(=O)(=O)c1ccc(C(CC2CCCC2)c2cc3cccnc3[nH]2)cn1. The fourth-order valence-corrected chi connectivity index (χ4v) is 4.57. The molecular weight excluding hydrogens is 346 g/mol. The Labute approximate surface area is 153 Å². The smallest absolute Gasteiger partial charge is 0.192 e. The van der Waals surface area contributed by atoms with E-state index < -0.39 is 9.84 Å². The molecule has 0 radical (unpaired) electrons. The molecule has 0 bridgehead atoms. The minimum atomic E-state index is -3.28. The Balaban J connectivity index is 1.72. The van der Waals surface area contributed by atoms with Gasteiger partial charge in [-0.25, -0.2) is 18.4 Å². The monoisotopic (exact) mass is 369 g/mol. The van der Waals surface area contributed by atoms with Gasteiger partial charge in [-0.3, -0.25) is 0 Å².